The molecule has 1 saturated heterocycles. The van der Waals surface area contributed by atoms with E-state index in [0.717, 1.165) is 23.3 Å². The zero-order valence-electron chi connectivity index (χ0n) is 22.5. The molecular formula is C29H29ClF3N5O3. The van der Waals surface area contributed by atoms with E-state index in [1.165, 1.54) is 6.07 Å². The lowest BCUT2D eigenvalue weighted by Gasteiger charge is -2.17. The molecule has 0 unspecified atom stereocenters. The van der Waals surface area contributed by atoms with Gasteiger partial charge in [-0.2, -0.15) is 13.2 Å². The van der Waals surface area contributed by atoms with E-state index in [4.69, 9.17) is 11.6 Å². The first-order chi connectivity index (χ1) is 19.2. The normalized spacial score (nSPS) is 17.1. The second kappa shape index (κ2) is 11.9. The predicted octanol–water partition coefficient (Wildman–Crippen LogP) is 5.50. The summed E-state index contributed by atoms with van der Waals surface area (Å²) >= 11 is 5.63. The lowest BCUT2D eigenvalue weighted by atomic mass is 9.96. The molecule has 0 radical (unpaired) electrons. The van der Waals surface area contributed by atoms with Crippen LogP contribution in [0.5, 0.6) is 0 Å². The van der Waals surface area contributed by atoms with E-state index in [2.05, 4.69) is 26.3 Å². The van der Waals surface area contributed by atoms with Gasteiger partial charge in [0.25, 0.3) is 5.91 Å². The summed E-state index contributed by atoms with van der Waals surface area (Å²) in [7, 11) is 0. The van der Waals surface area contributed by atoms with Crippen molar-refractivity contribution in [3.63, 3.8) is 0 Å². The number of carbonyl (C=O) groups excluding carboxylic acids is 3. The van der Waals surface area contributed by atoms with Crippen LogP contribution < -0.4 is 21.3 Å². The van der Waals surface area contributed by atoms with Gasteiger partial charge in [-0.3, -0.25) is 14.4 Å². The molecule has 3 amide bonds. The molecule has 2 atom stereocenters. The molecule has 0 aliphatic carbocycles. The monoisotopic (exact) mass is 587 g/mol. The fourth-order valence-corrected chi connectivity index (χ4v) is 4.34. The van der Waals surface area contributed by atoms with Crippen molar-refractivity contribution < 1.29 is 27.6 Å². The summed E-state index contributed by atoms with van der Waals surface area (Å²) in [6.07, 6.45) is -2.75. The highest BCUT2D eigenvalue weighted by Crippen LogP contribution is 2.36. The van der Waals surface area contributed by atoms with Gasteiger partial charge in [-0.05, 0) is 54.4 Å². The molecule has 216 valence electrons. The number of hydrogen-bond acceptors (Lipinski definition) is 5. The van der Waals surface area contributed by atoms with Crippen LogP contribution >= 0.6 is 11.6 Å². The maximum atomic E-state index is 13.1. The number of halogens is 4. The minimum absolute atomic E-state index is 0.0272. The molecule has 8 nitrogen and oxygen atoms in total. The quantitative estimate of drug-likeness (QED) is 0.304. The van der Waals surface area contributed by atoms with Crippen LogP contribution in [0, 0.1) is 5.41 Å². The highest BCUT2D eigenvalue weighted by molar-refractivity contribution is 6.31. The summed E-state index contributed by atoms with van der Waals surface area (Å²) in [4.78, 5) is 41.9. The summed E-state index contributed by atoms with van der Waals surface area (Å²) in [5, 5.41) is 10.6. The van der Waals surface area contributed by atoms with Crippen LogP contribution in [-0.4, -0.2) is 41.3 Å². The second-order valence-electron chi connectivity index (χ2n) is 10.8. The molecule has 2 heterocycles. The molecule has 0 bridgehead atoms. The maximum Gasteiger partial charge on any atom is 0.417 e. The first kappa shape index (κ1) is 30.0. The van der Waals surface area contributed by atoms with Crippen molar-refractivity contribution in [3.05, 3.63) is 76.9 Å². The molecule has 3 aromatic rings. The van der Waals surface area contributed by atoms with Crippen molar-refractivity contribution >= 4 is 40.8 Å². The summed E-state index contributed by atoms with van der Waals surface area (Å²) in [5.74, 6) is -0.533. The Balaban J connectivity index is 1.30. The van der Waals surface area contributed by atoms with Crippen LogP contribution in [-0.2, 0) is 15.8 Å². The van der Waals surface area contributed by atoms with Crippen molar-refractivity contribution in [3.8, 4) is 11.1 Å². The lowest BCUT2D eigenvalue weighted by Crippen LogP contribution is -2.36. The molecule has 1 aromatic heterocycles. The highest BCUT2D eigenvalue weighted by Gasteiger charge is 2.34. The number of nitrogens with zero attached hydrogens (tertiary/aromatic N) is 1. The number of hydrogen-bond donors (Lipinski definition) is 4. The fourth-order valence-electron chi connectivity index (χ4n) is 4.12. The minimum atomic E-state index is -4.65. The van der Waals surface area contributed by atoms with Crippen molar-refractivity contribution in [1.29, 1.82) is 0 Å². The third-order valence-electron chi connectivity index (χ3n) is 6.49. The molecule has 41 heavy (non-hydrogen) atoms. The molecular weight excluding hydrogens is 559 g/mol. The zero-order valence-corrected chi connectivity index (χ0v) is 23.3. The first-order valence-electron chi connectivity index (χ1n) is 12.8. The van der Waals surface area contributed by atoms with E-state index >= 15 is 0 Å². The van der Waals surface area contributed by atoms with Gasteiger partial charge in [0.1, 0.15) is 5.82 Å². The van der Waals surface area contributed by atoms with Crippen LogP contribution in [0.3, 0.4) is 0 Å². The number of amides is 3. The van der Waals surface area contributed by atoms with Crippen LogP contribution in [0.1, 0.15) is 43.1 Å². The van der Waals surface area contributed by atoms with Gasteiger partial charge in [0, 0.05) is 41.0 Å². The maximum absolute atomic E-state index is 13.1. The average molecular weight is 588 g/mol. The van der Waals surface area contributed by atoms with E-state index in [9.17, 15) is 27.6 Å². The van der Waals surface area contributed by atoms with Crippen molar-refractivity contribution in [1.82, 2.24) is 15.6 Å². The first-order valence-corrected chi connectivity index (χ1v) is 13.2. The Hall–Kier alpha value is -3.96. The number of alkyl halides is 3. The largest absolute Gasteiger partial charge is 0.417 e. The molecule has 1 aliphatic rings. The number of aromatic nitrogens is 1. The van der Waals surface area contributed by atoms with Crippen LogP contribution in [0.4, 0.5) is 24.7 Å². The van der Waals surface area contributed by atoms with Crippen molar-refractivity contribution in [2.24, 2.45) is 5.41 Å². The van der Waals surface area contributed by atoms with Crippen molar-refractivity contribution in [2.75, 3.05) is 17.2 Å². The minimum Gasteiger partial charge on any atom is -0.348 e. The van der Waals surface area contributed by atoms with E-state index in [0.29, 0.717) is 17.9 Å². The van der Waals surface area contributed by atoms with Gasteiger partial charge in [0.15, 0.2) is 0 Å². The molecule has 4 rings (SSSR count). The summed E-state index contributed by atoms with van der Waals surface area (Å²) in [6.45, 7) is 5.76. The summed E-state index contributed by atoms with van der Waals surface area (Å²) < 4.78 is 39.3. The summed E-state index contributed by atoms with van der Waals surface area (Å²) in [5.41, 5.74) is 0.455. The number of benzene rings is 2. The Morgan fingerprint density at radius 3 is 2.24 bits per heavy atom. The van der Waals surface area contributed by atoms with Gasteiger partial charge in [0.2, 0.25) is 11.8 Å². The van der Waals surface area contributed by atoms with Gasteiger partial charge in [-0.15, -0.1) is 0 Å². The average Bonchev–Trinajstić information content (AvgIpc) is 3.38. The Morgan fingerprint density at radius 1 is 0.951 bits per heavy atom. The van der Waals surface area contributed by atoms with E-state index in [1.54, 1.807) is 36.5 Å². The Kier molecular flexibility index (Phi) is 8.69. The van der Waals surface area contributed by atoms with Crippen LogP contribution in [0.15, 0.2) is 60.8 Å². The Morgan fingerprint density at radius 2 is 1.63 bits per heavy atom. The summed E-state index contributed by atoms with van der Waals surface area (Å²) in [6, 6.07) is 12.5. The fraction of sp³-hybridized carbons (Fsp3) is 0.310. The van der Waals surface area contributed by atoms with Gasteiger partial charge < -0.3 is 21.3 Å². The smallest absolute Gasteiger partial charge is 0.348 e. The van der Waals surface area contributed by atoms with E-state index in [1.807, 2.05) is 26.8 Å². The molecule has 0 spiro atoms. The van der Waals surface area contributed by atoms with Gasteiger partial charge >= 0.3 is 6.18 Å². The number of nitrogens with one attached hydrogen (secondary N) is 4. The molecule has 1 fully saturated rings. The molecule has 1 aliphatic heterocycles. The number of anilines is 2. The van der Waals surface area contributed by atoms with E-state index < -0.39 is 34.1 Å². The van der Waals surface area contributed by atoms with Gasteiger partial charge in [-0.25, -0.2) is 4.98 Å². The van der Waals surface area contributed by atoms with Crippen LogP contribution in [0.2, 0.25) is 5.02 Å². The lowest BCUT2D eigenvalue weighted by molar-refractivity contribution is -0.137. The molecule has 0 saturated carbocycles. The van der Waals surface area contributed by atoms with Crippen molar-refractivity contribution in [2.45, 2.75) is 45.5 Å². The molecule has 12 heteroatoms. The number of rotatable bonds is 6. The van der Waals surface area contributed by atoms with Gasteiger partial charge in [0.05, 0.1) is 16.6 Å². The highest BCUT2D eigenvalue weighted by atomic mass is 35.5. The number of pyridine rings is 1. The topological polar surface area (TPSA) is 112 Å². The second-order valence-corrected chi connectivity index (χ2v) is 11.2. The third-order valence-corrected chi connectivity index (χ3v) is 6.82. The predicted molar refractivity (Wildman–Crippen MR) is 151 cm³/mol. The van der Waals surface area contributed by atoms with Gasteiger partial charge in [-0.1, -0.05) is 44.5 Å². The number of carbonyl (C=O) groups is 3. The molecule has 4 N–H and O–H groups in total. The van der Waals surface area contributed by atoms with Crippen LogP contribution in [0.25, 0.3) is 11.1 Å². The Labute approximate surface area is 240 Å². The Bertz CT molecular complexity index is 1440. The standard InChI is InChI=1S/C29H29ClF3N5O3/c1-28(2,3)27(41)38-24-11-8-18(14-35-24)16-4-6-17(7-5-16)25(39)37-20-13-23(34-15-20)26(40)36-19-9-10-22(30)21(12-19)29(31,32)33/h4-12,14,20,23,34H,13,15H2,1-3H3,(H,36,40)(H,37,39)(H,35,38,41)/t20-,23-/m1/s1. The molecule has 2 aromatic carbocycles. The zero-order chi connectivity index (χ0) is 29.9. The third kappa shape index (κ3) is 7.62. The SMILES string of the molecule is CC(C)(C)C(=O)Nc1ccc(-c2ccc(C(=O)N[C@H]3CN[C@@H](C(=O)Nc4ccc(Cl)c(C(F)(F)F)c4)C3)cc2)cn1. The van der Waals surface area contributed by atoms with E-state index in [-0.39, 0.29) is 30.0 Å².